The molecule has 0 bridgehead atoms. The van der Waals surface area contributed by atoms with Crippen LogP contribution in [0.1, 0.15) is 10.4 Å². The van der Waals surface area contributed by atoms with Crippen molar-refractivity contribution in [3.63, 3.8) is 0 Å². The molecule has 3 heteroatoms. The molecule has 59 valence electrons. The fourth-order valence-electron chi connectivity index (χ4n) is 1.19. The van der Waals surface area contributed by atoms with Crippen molar-refractivity contribution in [2.24, 2.45) is 0 Å². The number of H-pyrrole nitrogens is 1. The Morgan fingerprint density at radius 2 is 2.42 bits per heavy atom. The fourth-order valence-corrected chi connectivity index (χ4v) is 1.19. The number of benzene rings is 1. The van der Waals surface area contributed by atoms with Gasteiger partial charge in [0, 0.05) is 17.1 Å². The third-order valence-corrected chi connectivity index (χ3v) is 1.76. The van der Waals surface area contributed by atoms with Crippen molar-refractivity contribution in [2.75, 3.05) is 0 Å². The molecule has 1 aromatic carbocycles. The van der Waals surface area contributed by atoms with Gasteiger partial charge in [0.15, 0.2) is 0 Å². The predicted octanol–water partition coefficient (Wildman–Crippen LogP) is 1.67. The lowest BCUT2D eigenvalue weighted by Crippen LogP contribution is -1.93. The quantitative estimate of drug-likeness (QED) is 0.666. The summed E-state index contributed by atoms with van der Waals surface area (Å²) in [5.41, 5.74) is 1.11. The van der Waals surface area contributed by atoms with E-state index in [1.807, 2.05) is 0 Å². The van der Waals surface area contributed by atoms with Crippen molar-refractivity contribution < 1.29 is 9.90 Å². The van der Waals surface area contributed by atoms with E-state index in [-0.39, 0.29) is 0 Å². The van der Waals surface area contributed by atoms with E-state index in [2.05, 4.69) is 11.1 Å². The van der Waals surface area contributed by atoms with Crippen LogP contribution in [0.5, 0.6) is 0 Å². The highest BCUT2D eigenvalue weighted by Gasteiger charge is 2.08. The van der Waals surface area contributed by atoms with E-state index in [1.54, 1.807) is 18.2 Å². The molecule has 3 nitrogen and oxygen atoms in total. The smallest absolute Gasteiger partial charge is 0.337 e. The zero-order valence-corrected chi connectivity index (χ0v) is 6.16. The molecule has 0 aliphatic heterocycles. The zero-order chi connectivity index (χ0) is 8.55. The summed E-state index contributed by atoms with van der Waals surface area (Å²) in [6.45, 7) is 0. The fraction of sp³-hybridized carbons (Fsp3) is 0. The number of fused-ring (bicyclic) bond motifs is 1. The molecule has 2 N–H and O–H groups in total. The molecule has 0 saturated heterocycles. The molecule has 0 saturated carbocycles. The van der Waals surface area contributed by atoms with Crippen molar-refractivity contribution in [3.05, 3.63) is 36.0 Å². The molecule has 2 aromatic rings. The van der Waals surface area contributed by atoms with Gasteiger partial charge in [-0.1, -0.05) is 12.1 Å². The van der Waals surface area contributed by atoms with Gasteiger partial charge in [0.2, 0.25) is 0 Å². The Morgan fingerprint density at radius 3 is 3.17 bits per heavy atom. The van der Waals surface area contributed by atoms with Crippen molar-refractivity contribution >= 4 is 16.9 Å². The van der Waals surface area contributed by atoms with Gasteiger partial charge in [0.05, 0.1) is 5.56 Å². The number of aromatic amines is 1. The normalized spacial score (nSPS) is 10.3. The molecule has 0 fully saturated rings. The van der Waals surface area contributed by atoms with E-state index in [0.717, 1.165) is 10.9 Å². The number of hydrogen-bond donors (Lipinski definition) is 2. The van der Waals surface area contributed by atoms with Gasteiger partial charge < -0.3 is 10.1 Å². The third kappa shape index (κ3) is 0.871. The number of hydrogen-bond acceptors (Lipinski definition) is 1. The molecule has 0 aliphatic carbocycles. The Balaban J connectivity index is 2.79. The van der Waals surface area contributed by atoms with Crippen LogP contribution in [0.2, 0.25) is 0 Å². The summed E-state index contributed by atoms with van der Waals surface area (Å²) in [4.78, 5) is 13.5. The van der Waals surface area contributed by atoms with Crippen molar-refractivity contribution in [1.82, 2.24) is 4.98 Å². The number of carbonyl (C=O) groups is 1. The number of nitrogens with one attached hydrogen (secondary N) is 1. The van der Waals surface area contributed by atoms with Gasteiger partial charge >= 0.3 is 5.97 Å². The van der Waals surface area contributed by atoms with E-state index in [0.29, 0.717) is 5.56 Å². The first-order chi connectivity index (χ1) is 5.79. The van der Waals surface area contributed by atoms with Crippen LogP contribution in [-0.2, 0) is 0 Å². The van der Waals surface area contributed by atoms with Crippen molar-refractivity contribution in [3.8, 4) is 0 Å². The van der Waals surface area contributed by atoms with Crippen LogP contribution in [0.4, 0.5) is 0 Å². The van der Waals surface area contributed by atoms with Gasteiger partial charge in [0.1, 0.15) is 0 Å². The monoisotopic (exact) mass is 160 g/mol. The maximum absolute atomic E-state index is 10.6. The lowest BCUT2D eigenvalue weighted by molar-refractivity contribution is 0.0699. The van der Waals surface area contributed by atoms with Crippen LogP contribution >= 0.6 is 0 Å². The Bertz CT molecular complexity index is 431. The molecule has 0 spiro atoms. The first-order valence-corrected chi connectivity index (χ1v) is 3.49. The summed E-state index contributed by atoms with van der Waals surface area (Å²) in [7, 11) is 0. The number of rotatable bonds is 1. The Hall–Kier alpha value is -1.77. The minimum atomic E-state index is -0.910. The van der Waals surface area contributed by atoms with Crippen LogP contribution in [-0.4, -0.2) is 16.1 Å². The second-order valence-electron chi connectivity index (χ2n) is 2.48. The van der Waals surface area contributed by atoms with Crippen molar-refractivity contribution in [1.29, 1.82) is 0 Å². The average Bonchev–Trinajstić information content (AvgIpc) is 2.47. The summed E-state index contributed by atoms with van der Waals surface area (Å²) in [6, 6.07) is 8.02. The first-order valence-electron chi connectivity index (χ1n) is 3.49. The lowest BCUT2D eigenvalue weighted by atomic mass is 10.2. The molecule has 0 atom stereocenters. The van der Waals surface area contributed by atoms with Gasteiger partial charge in [-0.15, -0.1) is 0 Å². The van der Waals surface area contributed by atoms with E-state index < -0.39 is 5.97 Å². The van der Waals surface area contributed by atoms with Crippen LogP contribution in [0.15, 0.2) is 24.4 Å². The molecular formula is C9H6NO2. The van der Waals surface area contributed by atoms with Crippen LogP contribution < -0.4 is 0 Å². The summed E-state index contributed by atoms with van der Waals surface area (Å²) in [5, 5.41) is 9.46. The minimum Gasteiger partial charge on any atom is -0.478 e. The largest absolute Gasteiger partial charge is 0.478 e. The average molecular weight is 160 g/mol. The highest BCUT2D eigenvalue weighted by molar-refractivity contribution is 6.02. The molecule has 1 heterocycles. The maximum Gasteiger partial charge on any atom is 0.337 e. The molecule has 2 rings (SSSR count). The number of carboxylic acids is 1. The number of aromatic carboxylic acids is 1. The topological polar surface area (TPSA) is 53.1 Å². The minimum absolute atomic E-state index is 0.305. The van der Waals surface area contributed by atoms with Crippen LogP contribution in [0.3, 0.4) is 0 Å². The second kappa shape index (κ2) is 2.37. The van der Waals surface area contributed by atoms with E-state index in [4.69, 9.17) is 5.11 Å². The molecule has 1 aromatic heterocycles. The SMILES string of the molecule is O=C(O)c1c[nH]c2c[c]ccc12. The molecule has 1 radical (unpaired) electrons. The van der Waals surface area contributed by atoms with Gasteiger partial charge in [-0.2, -0.15) is 0 Å². The van der Waals surface area contributed by atoms with Gasteiger partial charge in [0.25, 0.3) is 0 Å². The standard InChI is InChI=1S/C9H6NO2/c11-9(12)7-5-10-8-4-2-1-3-6(7)8/h1,3-5,10H,(H,11,12). The molecule has 12 heavy (non-hydrogen) atoms. The predicted molar refractivity (Wildman–Crippen MR) is 44.1 cm³/mol. The molecular weight excluding hydrogens is 154 g/mol. The Morgan fingerprint density at radius 1 is 1.58 bits per heavy atom. The molecule has 0 unspecified atom stereocenters. The first kappa shape index (κ1) is 6.91. The van der Waals surface area contributed by atoms with Crippen LogP contribution in [0, 0.1) is 6.07 Å². The van der Waals surface area contributed by atoms with Gasteiger partial charge in [-0.3, -0.25) is 0 Å². The summed E-state index contributed by atoms with van der Waals surface area (Å²) in [6.07, 6.45) is 1.49. The van der Waals surface area contributed by atoms with E-state index in [9.17, 15) is 4.79 Å². The lowest BCUT2D eigenvalue weighted by Gasteiger charge is -1.89. The third-order valence-electron chi connectivity index (χ3n) is 1.76. The second-order valence-corrected chi connectivity index (χ2v) is 2.48. The molecule has 0 amide bonds. The van der Waals surface area contributed by atoms with Crippen LogP contribution in [0.25, 0.3) is 10.9 Å². The van der Waals surface area contributed by atoms with E-state index in [1.165, 1.54) is 6.20 Å². The van der Waals surface area contributed by atoms with E-state index >= 15 is 0 Å². The summed E-state index contributed by atoms with van der Waals surface area (Å²) >= 11 is 0. The highest BCUT2D eigenvalue weighted by Crippen LogP contribution is 2.16. The van der Waals surface area contributed by atoms with Crippen molar-refractivity contribution in [2.45, 2.75) is 0 Å². The molecule has 0 aliphatic rings. The van der Waals surface area contributed by atoms with Gasteiger partial charge in [-0.25, -0.2) is 4.79 Å². The maximum atomic E-state index is 10.6. The van der Waals surface area contributed by atoms with Gasteiger partial charge in [-0.05, 0) is 12.1 Å². The zero-order valence-electron chi connectivity index (χ0n) is 6.16. The summed E-state index contributed by atoms with van der Waals surface area (Å²) < 4.78 is 0. The number of carboxylic acid groups (broad SMARTS) is 1. The number of aromatic nitrogens is 1. The highest BCUT2D eigenvalue weighted by atomic mass is 16.4. The Kier molecular flexibility index (Phi) is 1.37. The Labute approximate surface area is 68.6 Å². The summed E-state index contributed by atoms with van der Waals surface area (Å²) in [5.74, 6) is -0.910.